The zero-order valence-corrected chi connectivity index (χ0v) is 29.6. The summed E-state index contributed by atoms with van der Waals surface area (Å²) in [6.07, 6.45) is 7.52. The van der Waals surface area contributed by atoms with Gasteiger partial charge in [-0.25, -0.2) is 4.57 Å². The molecule has 1 N–H and O–H groups in total. The number of benzene rings is 2. The summed E-state index contributed by atoms with van der Waals surface area (Å²) < 4.78 is 8.20. The van der Waals surface area contributed by atoms with Crippen LogP contribution in [0.1, 0.15) is 68.7 Å². The molecule has 0 spiro atoms. The molecule has 2 atom stereocenters. The highest BCUT2D eigenvalue weighted by Gasteiger charge is 2.37. The number of nitrogens with zero attached hydrogens (tertiary/aromatic N) is 5. The molecule has 6 rings (SSSR count). The number of halogens is 1. The van der Waals surface area contributed by atoms with Crippen molar-refractivity contribution in [2.45, 2.75) is 70.6 Å². The van der Waals surface area contributed by atoms with Crippen LogP contribution in [0.3, 0.4) is 0 Å². The van der Waals surface area contributed by atoms with Gasteiger partial charge in [-0.05, 0) is 92.0 Å². The number of hydrogen-bond acceptors (Lipinski definition) is 6. The number of amides is 2. The number of carbonyl (C=O) groups is 2. The molecule has 1 saturated heterocycles. The van der Waals surface area contributed by atoms with Gasteiger partial charge < -0.3 is 14.7 Å². The van der Waals surface area contributed by atoms with Crippen molar-refractivity contribution in [3.8, 4) is 11.5 Å². The van der Waals surface area contributed by atoms with Crippen LogP contribution in [0, 0.1) is 5.92 Å². The van der Waals surface area contributed by atoms with Crippen LogP contribution in [0.2, 0.25) is 5.02 Å². The fraction of sp³-hybridized carbons (Fsp3) is 0.500. The van der Waals surface area contributed by atoms with Gasteiger partial charge in [0.25, 0.3) is 5.82 Å². The molecule has 0 radical (unpaired) electrons. The van der Waals surface area contributed by atoms with E-state index in [4.69, 9.17) is 16.3 Å². The Kier molecular flexibility index (Phi) is 10.2. The summed E-state index contributed by atoms with van der Waals surface area (Å²) >= 11 is 6.28. The van der Waals surface area contributed by atoms with Crippen LogP contribution in [0.4, 0.5) is 11.5 Å². The van der Waals surface area contributed by atoms with Gasteiger partial charge in [0.15, 0.2) is 11.5 Å². The Bertz CT molecular complexity index is 1640. The van der Waals surface area contributed by atoms with E-state index in [0.29, 0.717) is 29.3 Å². The molecule has 256 valence electrons. The maximum absolute atomic E-state index is 13.9. The number of carbonyl (C=O) groups excluding carboxylic acids is 2. The molecule has 1 aromatic heterocycles. The number of ether oxygens (including phenoxy) is 1. The lowest BCUT2D eigenvalue weighted by Crippen LogP contribution is -2.53. The molecule has 1 saturated carbocycles. The number of aromatic hydroxyl groups is 1. The van der Waals surface area contributed by atoms with Crippen molar-refractivity contribution in [1.29, 1.82) is 0 Å². The molecule has 0 bridgehead atoms. The Hall–Kier alpha value is -3.82. The monoisotopic (exact) mass is 674 g/mol. The van der Waals surface area contributed by atoms with E-state index < -0.39 is 6.04 Å². The Labute approximate surface area is 289 Å². The maximum atomic E-state index is 13.9. The predicted octanol–water partition coefficient (Wildman–Crippen LogP) is 5.50. The number of hydrogen-bond donors (Lipinski definition) is 1. The Morgan fingerprint density at radius 1 is 1.04 bits per heavy atom. The predicted molar refractivity (Wildman–Crippen MR) is 189 cm³/mol. The van der Waals surface area contributed by atoms with E-state index >= 15 is 0 Å². The van der Waals surface area contributed by atoms with E-state index in [1.165, 1.54) is 0 Å². The van der Waals surface area contributed by atoms with Crippen molar-refractivity contribution in [2.75, 3.05) is 50.1 Å². The summed E-state index contributed by atoms with van der Waals surface area (Å²) in [6.45, 7) is 7.32. The molecule has 48 heavy (non-hydrogen) atoms. The van der Waals surface area contributed by atoms with Crippen LogP contribution in [0.5, 0.6) is 11.5 Å². The average Bonchev–Trinajstić information content (AvgIpc) is 3.06. The average molecular weight is 675 g/mol. The summed E-state index contributed by atoms with van der Waals surface area (Å²) in [5.41, 5.74) is 3.44. The summed E-state index contributed by atoms with van der Waals surface area (Å²) in [6, 6.07) is 15.4. The molecule has 9 nitrogen and oxygen atoms in total. The van der Waals surface area contributed by atoms with Gasteiger partial charge in [-0.15, -0.1) is 0 Å². The van der Waals surface area contributed by atoms with Crippen LogP contribution in [-0.4, -0.2) is 79.1 Å². The van der Waals surface area contributed by atoms with Gasteiger partial charge in [0.2, 0.25) is 11.8 Å². The van der Waals surface area contributed by atoms with E-state index in [-0.39, 0.29) is 30.1 Å². The quantitative estimate of drug-likeness (QED) is 0.302. The third-order valence-electron chi connectivity index (χ3n) is 10.6. The molecule has 1 aliphatic carbocycles. The minimum atomic E-state index is -0.423. The number of anilines is 2. The van der Waals surface area contributed by atoms with Crippen LogP contribution in [-0.2, 0) is 23.1 Å². The topological polar surface area (TPSA) is 80.4 Å². The fourth-order valence-electron chi connectivity index (χ4n) is 7.61. The van der Waals surface area contributed by atoms with Gasteiger partial charge in [0.05, 0.1) is 51.4 Å². The van der Waals surface area contributed by atoms with Crippen molar-refractivity contribution in [1.82, 2.24) is 9.80 Å². The second-order valence-corrected chi connectivity index (χ2v) is 14.4. The molecule has 2 aliphatic heterocycles. The van der Waals surface area contributed by atoms with Gasteiger partial charge in [-0.3, -0.25) is 24.3 Å². The first-order valence-corrected chi connectivity index (χ1v) is 17.7. The number of aromatic nitrogens is 1. The van der Waals surface area contributed by atoms with Gasteiger partial charge in [-0.1, -0.05) is 30.7 Å². The van der Waals surface area contributed by atoms with Crippen molar-refractivity contribution in [3.05, 3.63) is 76.4 Å². The summed E-state index contributed by atoms with van der Waals surface area (Å²) in [4.78, 5) is 34.6. The van der Waals surface area contributed by atoms with E-state index in [9.17, 15) is 14.7 Å². The lowest BCUT2D eigenvalue weighted by molar-refractivity contribution is -0.658. The molecule has 10 heteroatoms. The first kappa shape index (κ1) is 34.1. The van der Waals surface area contributed by atoms with Crippen molar-refractivity contribution < 1.29 is 24.0 Å². The number of piperazine rings is 1. The number of rotatable bonds is 9. The fourth-order valence-corrected chi connectivity index (χ4v) is 7.74. The maximum Gasteiger partial charge on any atom is 0.276 e. The lowest BCUT2D eigenvalue weighted by Gasteiger charge is -2.40. The van der Waals surface area contributed by atoms with Gasteiger partial charge >= 0.3 is 0 Å². The smallest absolute Gasteiger partial charge is 0.276 e. The minimum absolute atomic E-state index is 0.0441. The molecule has 3 heterocycles. The summed E-state index contributed by atoms with van der Waals surface area (Å²) in [7, 11) is 6.07. The van der Waals surface area contributed by atoms with Crippen LogP contribution in [0.15, 0.2) is 54.7 Å². The van der Waals surface area contributed by atoms with E-state index in [1.807, 2.05) is 80.3 Å². The standard InChI is InChI=1S/C38H48ClN5O4/c1-6-25(2)48-34-21-32-28(19-33(34)45)20-36(46)44(38(32)27-9-11-29(39)12-10-27)31-15-16-35(42(5)23-31)41(4)22-26-7-13-30(14-8-26)43-18-17-40(3)37(47)24-43/h9-12,15-16,19,21,23,25-26,30,38H,6-8,13-14,17-18,20,22,24H2,1-5H3/p+1. The molecule has 2 unspecified atom stereocenters. The first-order chi connectivity index (χ1) is 23.0. The lowest BCUT2D eigenvalue weighted by atomic mass is 9.84. The van der Waals surface area contributed by atoms with Crippen LogP contribution in [0.25, 0.3) is 0 Å². The van der Waals surface area contributed by atoms with Crippen LogP contribution >= 0.6 is 11.6 Å². The number of likely N-dealkylation sites (N-methyl/N-ethyl adjacent to an activating group) is 1. The molecule has 3 aromatic rings. The highest BCUT2D eigenvalue weighted by Crippen LogP contribution is 2.43. The molecule has 2 fully saturated rings. The largest absolute Gasteiger partial charge is 0.504 e. The number of phenols is 1. The molecular formula is C38H49ClN5O4+. The first-order valence-electron chi connectivity index (χ1n) is 17.3. The van der Waals surface area contributed by atoms with Gasteiger partial charge in [-0.2, -0.15) is 0 Å². The van der Waals surface area contributed by atoms with E-state index in [2.05, 4.69) is 27.5 Å². The zero-order valence-electron chi connectivity index (χ0n) is 28.9. The van der Waals surface area contributed by atoms with Crippen molar-refractivity contribution in [2.24, 2.45) is 13.0 Å². The molecule has 2 amide bonds. The zero-order chi connectivity index (χ0) is 34.1. The third-order valence-corrected chi connectivity index (χ3v) is 10.8. The van der Waals surface area contributed by atoms with E-state index in [1.54, 1.807) is 6.07 Å². The normalized spacial score (nSPS) is 22.4. The molecule has 3 aliphatic rings. The Morgan fingerprint density at radius 2 is 1.77 bits per heavy atom. The second-order valence-electron chi connectivity index (χ2n) is 13.9. The van der Waals surface area contributed by atoms with Crippen molar-refractivity contribution in [3.63, 3.8) is 0 Å². The number of fused-ring (bicyclic) bond motifs is 1. The van der Waals surface area contributed by atoms with Crippen molar-refractivity contribution >= 4 is 34.9 Å². The molecular weight excluding hydrogens is 626 g/mol. The Balaban J connectivity index is 1.22. The summed E-state index contributed by atoms with van der Waals surface area (Å²) in [5, 5.41) is 11.4. The van der Waals surface area contributed by atoms with E-state index in [0.717, 1.165) is 79.9 Å². The summed E-state index contributed by atoms with van der Waals surface area (Å²) in [5.74, 6) is 2.32. The van der Waals surface area contributed by atoms with Gasteiger partial charge in [0, 0.05) is 37.3 Å². The van der Waals surface area contributed by atoms with Gasteiger partial charge in [0.1, 0.15) is 6.20 Å². The second kappa shape index (κ2) is 14.3. The highest BCUT2D eigenvalue weighted by atomic mass is 35.5. The number of aryl methyl sites for hydroxylation is 1. The number of phenolic OH excluding ortho intramolecular Hbond substituents is 1. The minimum Gasteiger partial charge on any atom is -0.504 e. The number of pyridine rings is 1. The molecule has 2 aromatic carbocycles. The Morgan fingerprint density at radius 3 is 2.44 bits per heavy atom. The highest BCUT2D eigenvalue weighted by molar-refractivity contribution is 6.30. The van der Waals surface area contributed by atoms with Crippen LogP contribution < -0.4 is 19.1 Å². The SMILES string of the molecule is CCC(C)Oc1cc2c(cc1O)CC(=O)N(c1ccc(N(C)CC3CCC(N4CCN(C)C(=O)C4)CC3)[n+](C)c1)C2c1ccc(Cl)cc1. The third kappa shape index (κ3) is 7.13.